The maximum absolute atomic E-state index is 12.9. The number of benzene rings is 1. The van der Waals surface area contributed by atoms with Gasteiger partial charge in [-0.1, -0.05) is 24.3 Å². The summed E-state index contributed by atoms with van der Waals surface area (Å²) < 4.78 is 2.44. The summed E-state index contributed by atoms with van der Waals surface area (Å²) in [6.07, 6.45) is 4.25. The second kappa shape index (κ2) is 8.39. The Labute approximate surface area is 193 Å². The van der Waals surface area contributed by atoms with Gasteiger partial charge >= 0.3 is 0 Å². The van der Waals surface area contributed by atoms with Gasteiger partial charge in [-0.2, -0.15) is 0 Å². The molecule has 2 aliphatic rings. The van der Waals surface area contributed by atoms with Gasteiger partial charge in [0.15, 0.2) is 5.11 Å². The lowest BCUT2D eigenvalue weighted by molar-refractivity contribution is -0.116. The number of carbonyl (C=O) groups is 1. The van der Waals surface area contributed by atoms with E-state index in [1.807, 2.05) is 53.4 Å². The van der Waals surface area contributed by atoms with E-state index in [-0.39, 0.29) is 24.5 Å². The van der Waals surface area contributed by atoms with Crippen molar-refractivity contribution in [3.05, 3.63) is 83.4 Å². The van der Waals surface area contributed by atoms with Crippen LogP contribution in [0.25, 0.3) is 0 Å². The van der Waals surface area contributed by atoms with Crippen LogP contribution in [-0.2, 0) is 4.79 Å². The van der Waals surface area contributed by atoms with Crippen molar-refractivity contribution in [2.24, 2.45) is 0 Å². The molecule has 164 valence electrons. The normalized spacial score (nSPS) is 20.3. The molecule has 1 saturated carbocycles. The lowest BCUT2D eigenvalue weighted by atomic mass is 9.96. The molecule has 32 heavy (non-hydrogen) atoms. The number of aryl methyl sites for hydroxylation is 1. The van der Waals surface area contributed by atoms with Crippen molar-refractivity contribution in [1.29, 1.82) is 0 Å². The van der Waals surface area contributed by atoms with Crippen molar-refractivity contribution >= 4 is 28.9 Å². The van der Waals surface area contributed by atoms with Crippen LogP contribution in [0.2, 0.25) is 0 Å². The second-order valence-corrected chi connectivity index (χ2v) is 8.98. The number of nitrogens with zero attached hydrogens (tertiary/aromatic N) is 3. The minimum Gasteiger partial charge on any atom is -0.352 e. The number of carbonyl (C=O) groups excluding carboxylic acids is 1. The van der Waals surface area contributed by atoms with Crippen LogP contribution in [0.4, 0.5) is 5.69 Å². The van der Waals surface area contributed by atoms with E-state index in [4.69, 9.17) is 12.2 Å². The van der Waals surface area contributed by atoms with E-state index in [1.165, 1.54) is 29.8 Å². The molecule has 3 heterocycles. The van der Waals surface area contributed by atoms with Crippen LogP contribution in [0.3, 0.4) is 0 Å². The van der Waals surface area contributed by atoms with E-state index in [9.17, 15) is 4.79 Å². The summed E-state index contributed by atoms with van der Waals surface area (Å²) >= 11 is 5.72. The smallest absolute Gasteiger partial charge is 0.244 e. The van der Waals surface area contributed by atoms with E-state index >= 15 is 0 Å². The van der Waals surface area contributed by atoms with E-state index in [2.05, 4.69) is 40.1 Å². The summed E-state index contributed by atoms with van der Waals surface area (Å²) in [5.41, 5.74) is 5.40. The Morgan fingerprint density at radius 3 is 2.59 bits per heavy atom. The fourth-order valence-electron chi connectivity index (χ4n) is 4.79. The van der Waals surface area contributed by atoms with Crippen LogP contribution < -0.4 is 10.6 Å². The van der Waals surface area contributed by atoms with Crippen LogP contribution in [0.15, 0.2) is 60.8 Å². The van der Waals surface area contributed by atoms with Crippen LogP contribution in [-0.4, -0.2) is 32.0 Å². The highest BCUT2D eigenvalue weighted by atomic mass is 32.1. The Hall–Kier alpha value is -3.19. The third kappa shape index (κ3) is 3.88. The standard InChI is InChI=1S/C25H27N5OS/c1-16-14-20(17(2)30(16)19-11-12-19)24-23(21-10-6-7-13-26-21)28-25(32)29(24)15-22(31)27-18-8-4-3-5-9-18/h3-10,13-14,19,23-24H,11-12,15H2,1-2H3,(H,27,31)(H,28,32). The lowest BCUT2D eigenvalue weighted by Crippen LogP contribution is -2.37. The Balaban J connectivity index is 1.49. The van der Waals surface area contributed by atoms with Gasteiger partial charge in [-0.25, -0.2) is 0 Å². The molecular weight excluding hydrogens is 418 g/mol. The zero-order valence-corrected chi connectivity index (χ0v) is 19.1. The molecule has 0 radical (unpaired) electrons. The highest BCUT2D eigenvalue weighted by Crippen LogP contribution is 2.44. The molecule has 1 aliphatic carbocycles. The van der Waals surface area contributed by atoms with Gasteiger partial charge < -0.3 is 20.1 Å². The predicted octanol–water partition coefficient (Wildman–Crippen LogP) is 4.45. The number of nitrogens with one attached hydrogen (secondary N) is 2. The van der Waals surface area contributed by atoms with Gasteiger partial charge in [0.1, 0.15) is 6.54 Å². The zero-order chi connectivity index (χ0) is 22.2. The third-order valence-corrected chi connectivity index (χ3v) is 6.68. The van der Waals surface area contributed by atoms with E-state index in [1.54, 1.807) is 6.20 Å². The number of pyridine rings is 1. The van der Waals surface area contributed by atoms with E-state index in [0.29, 0.717) is 11.2 Å². The Morgan fingerprint density at radius 2 is 1.91 bits per heavy atom. The average Bonchev–Trinajstić information content (AvgIpc) is 3.51. The number of thiocarbonyl (C=S) groups is 1. The summed E-state index contributed by atoms with van der Waals surface area (Å²) in [6, 6.07) is 18.0. The van der Waals surface area contributed by atoms with Crippen molar-refractivity contribution in [2.45, 2.75) is 44.8 Å². The largest absolute Gasteiger partial charge is 0.352 e. The van der Waals surface area contributed by atoms with Crippen LogP contribution in [0, 0.1) is 13.8 Å². The summed E-state index contributed by atoms with van der Waals surface area (Å²) in [5.74, 6) is -0.0944. The first-order valence-electron chi connectivity index (χ1n) is 11.0. The number of rotatable bonds is 6. The van der Waals surface area contributed by atoms with Crippen molar-refractivity contribution in [1.82, 2.24) is 19.8 Å². The molecule has 1 saturated heterocycles. The van der Waals surface area contributed by atoms with Crippen molar-refractivity contribution in [3.63, 3.8) is 0 Å². The minimum absolute atomic E-state index is 0.0944. The van der Waals surface area contributed by atoms with E-state index in [0.717, 1.165) is 11.4 Å². The van der Waals surface area contributed by atoms with Gasteiger partial charge in [-0.3, -0.25) is 9.78 Å². The lowest BCUT2D eigenvalue weighted by Gasteiger charge is -2.27. The van der Waals surface area contributed by atoms with Gasteiger partial charge in [0.05, 0.1) is 17.8 Å². The first-order valence-corrected chi connectivity index (χ1v) is 11.4. The topological polar surface area (TPSA) is 62.2 Å². The molecule has 7 heteroatoms. The van der Waals surface area contributed by atoms with Crippen LogP contribution in [0.1, 0.15) is 53.6 Å². The molecule has 1 amide bonds. The highest BCUT2D eigenvalue weighted by Gasteiger charge is 2.42. The molecule has 1 aromatic carbocycles. The molecule has 6 nitrogen and oxygen atoms in total. The molecule has 2 aromatic heterocycles. The average molecular weight is 446 g/mol. The van der Waals surface area contributed by atoms with Gasteiger partial charge in [0.2, 0.25) is 5.91 Å². The van der Waals surface area contributed by atoms with Crippen LogP contribution >= 0.6 is 12.2 Å². The molecule has 2 unspecified atom stereocenters. The van der Waals surface area contributed by atoms with Crippen molar-refractivity contribution in [2.75, 3.05) is 11.9 Å². The van der Waals surface area contributed by atoms with Gasteiger partial charge in [-0.15, -0.1) is 0 Å². The fourth-order valence-corrected chi connectivity index (χ4v) is 5.09. The summed E-state index contributed by atoms with van der Waals surface area (Å²) in [4.78, 5) is 19.6. The number of hydrogen-bond donors (Lipinski definition) is 2. The van der Waals surface area contributed by atoms with Crippen LogP contribution in [0.5, 0.6) is 0 Å². The molecule has 0 bridgehead atoms. The summed E-state index contributed by atoms with van der Waals surface area (Å²) in [7, 11) is 0. The Morgan fingerprint density at radius 1 is 1.16 bits per heavy atom. The van der Waals surface area contributed by atoms with E-state index < -0.39 is 0 Å². The van der Waals surface area contributed by atoms with Crippen molar-refractivity contribution < 1.29 is 4.79 Å². The quantitative estimate of drug-likeness (QED) is 0.549. The van der Waals surface area contributed by atoms with Gasteiger partial charge in [0.25, 0.3) is 0 Å². The van der Waals surface area contributed by atoms with Crippen molar-refractivity contribution in [3.8, 4) is 0 Å². The molecule has 3 aromatic rings. The maximum atomic E-state index is 12.9. The number of hydrogen-bond acceptors (Lipinski definition) is 3. The number of aromatic nitrogens is 2. The fraction of sp³-hybridized carbons (Fsp3) is 0.320. The molecule has 5 rings (SSSR count). The first kappa shape index (κ1) is 20.7. The SMILES string of the molecule is Cc1cc(C2C(c3ccccn3)NC(=S)N2CC(=O)Nc2ccccc2)c(C)n1C1CC1. The predicted molar refractivity (Wildman–Crippen MR) is 129 cm³/mol. The van der Waals surface area contributed by atoms with Gasteiger partial charge in [0, 0.05) is 29.3 Å². The highest BCUT2D eigenvalue weighted by molar-refractivity contribution is 7.80. The summed E-state index contributed by atoms with van der Waals surface area (Å²) in [5, 5.41) is 7.01. The zero-order valence-electron chi connectivity index (χ0n) is 18.3. The van der Waals surface area contributed by atoms with Gasteiger partial charge in [-0.05, 0) is 74.8 Å². The molecule has 2 N–H and O–H groups in total. The number of para-hydroxylation sites is 1. The third-order valence-electron chi connectivity index (χ3n) is 6.32. The Kier molecular flexibility index (Phi) is 5.43. The molecule has 0 spiro atoms. The number of amides is 1. The maximum Gasteiger partial charge on any atom is 0.244 e. The Bertz CT molecular complexity index is 1140. The molecule has 2 fully saturated rings. The number of anilines is 1. The second-order valence-electron chi connectivity index (χ2n) is 8.60. The minimum atomic E-state index is -0.124. The molecule has 2 atom stereocenters. The summed E-state index contributed by atoms with van der Waals surface area (Å²) in [6.45, 7) is 4.51. The molecular formula is C25H27N5OS. The monoisotopic (exact) mass is 445 g/mol. The first-order chi connectivity index (χ1) is 15.5. The molecule has 1 aliphatic heterocycles.